The average Bonchev–Trinajstić information content (AvgIpc) is 3.12. The summed E-state index contributed by atoms with van der Waals surface area (Å²) in [5, 5.41) is 2.04. The molecule has 1 aliphatic rings. The van der Waals surface area contributed by atoms with Gasteiger partial charge in [-0.2, -0.15) is 0 Å². The van der Waals surface area contributed by atoms with E-state index in [4.69, 9.17) is 0 Å². The Balaban J connectivity index is 0.00000261. The van der Waals surface area contributed by atoms with Gasteiger partial charge in [0.15, 0.2) is 0 Å². The first-order valence-corrected chi connectivity index (χ1v) is 10.2. The third kappa shape index (κ3) is 5.22. The van der Waals surface area contributed by atoms with Crippen molar-refractivity contribution in [2.45, 2.75) is 39.2 Å². The van der Waals surface area contributed by atoms with Gasteiger partial charge in [-0.05, 0) is 49.3 Å². The van der Waals surface area contributed by atoms with Crippen LogP contribution in [-0.4, -0.2) is 36.5 Å². The van der Waals surface area contributed by atoms with Crippen LogP contribution in [0.1, 0.15) is 28.8 Å². The van der Waals surface area contributed by atoms with Crippen molar-refractivity contribution >= 4 is 35.3 Å². The van der Waals surface area contributed by atoms with E-state index in [0.29, 0.717) is 6.42 Å². The summed E-state index contributed by atoms with van der Waals surface area (Å²) in [5.41, 5.74) is 3.47. The summed E-state index contributed by atoms with van der Waals surface area (Å²) >= 11 is 1.66. The Labute approximate surface area is 173 Å². The standard InChI is InChI=1S/C22H28N2OS.ClH/c1-4-12-23-13-10-19(11-14-23)24(21(25)16-20-9-6-15-26-20)22-17(2)7-5-8-18(22)3;/h4-9,15,19H,1,10-14,16H2,2-3H3;1H. The number of carbonyl (C=O) groups is 1. The number of carbonyl (C=O) groups excluding carboxylic acids is 1. The molecule has 0 unspecified atom stereocenters. The molecule has 0 bridgehead atoms. The van der Waals surface area contributed by atoms with Crippen molar-refractivity contribution in [2.75, 3.05) is 24.5 Å². The highest BCUT2D eigenvalue weighted by Gasteiger charge is 2.30. The Bertz CT molecular complexity index is 731. The SMILES string of the molecule is C=CCN1CCC(N(C(=O)Cc2cccs2)c2c(C)cccc2C)CC1.Cl. The molecule has 3 rings (SSSR count). The van der Waals surface area contributed by atoms with E-state index in [-0.39, 0.29) is 24.4 Å². The van der Waals surface area contributed by atoms with Crippen LogP contribution in [0.15, 0.2) is 48.4 Å². The Kier molecular flexibility index (Phi) is 8.08. The maximum absolute atomic E-state index is 13.3. The van der Waals surface area contributed by atoms with Gasteiger partial charge in [-0.25, -0.2) is 0 Å². The highest BCUT2D eigenvalue weighted by atomic mass is 35.5. The Morgan fingerprint density at radius 3 is 2.44 bits per heavy atom. The van der Waals surface area contributed by atoms with Gasteiger partial charge in [0.25, 0.3) is 0 Å². The van der Waals surface area contributed by atoms with Crippen LogP contribution in [0, 0.1) is 13.8 Å². The zero-order valence-electron chi connectivity index (χ0n) is 16.2. The van der Waals surface area contributed by atoms with Crippen LogP contribution in [0.3, 0.4) is 0 Å². The van der Waals surface area contributed by atoms with Crippen LogP contribution in [-0.2, 0) is 11.2 Å². The van der Waals surface area contributed by atoms with E-state index in [9.17, 15) is 4.79 Å². The molecule has 27 heavy (non-hydrogen) atoms. The summed E-state index contributed by atoms with van der Waals surface area (Å²) in [6.45, 7) is 11.0. The van der Waals surface area contributed by atoms with Gasteiger partial charge in [0.05, 0.1) is 6.42 Å². The minimum Gasteiger partial charge on any atom is -0.308 e. The van der Waals surface area contributed by atoms with Crippen molar-refractivity contribution in [3.8, 4) is 0 Å². The number of likely N-dealkylation sites (tertiary alicyclic amines) is 1. The van der Waals surface area contributed by atoms with Crippen LogP contribution in [0.5, 0.6) is 0 Å². The van der Waals surface area contributed by atoms with Crippen LogP contribution in [0.25, 0.3) is 0 Å². The van der Waals surface area contributed by atoms with Crippen LogP contribution < -0.4 is 4.90 Å². The molecule has 1 fully saturated rings. The van der Waals surface area contributed by atoms with Crippen LogP contribution in [0.2, 0.25) is 0 Å². The number of halogens is 1. The fourth-order valence-corrected chi connectivity index (χ4v) is 4.58. The monoisotopic (exact) mass is 404 g/mol. The molecule has 1 amide bonds. The van der Waals surface area contributed by atoms with E-state index < -0.39 is 0 Å². The molecule has 0 N–H and O–H groups in total. The van der Waals surface area contributed by atoms with E-state index in [0.717, 1.165) is 43.0 Å². The number of piperidine rings is 1. The van der Waals surface area contributed by atoms with Crippen molar-refractivity contribution in [3.05, 3.63) is 64.4 Å². The fraction of sp³-hybridized carbons (Fsp3) is 0.409. The van der Waals surface area contributed by atoms with Gasteiger partial charge in [0, 0.05) is 36.2 Å². The quantitative estimate of drug-likeness (QED) is 0.631. The van der Waals surface area contributed by atoms with Crippen molar-refractivity contribution < 1.29 is 4.79 Å². The lowest BCUT2D eigenvalue weighted by Crippen LogP contribution is -2.48. The number of rotatable bonds is 6. The number of amides is 1. The molecule has 0 saturated carbocycles. The second kappa shape index (κ2) is 10.1. The average molecular weight is 405 g/mol. The summed E-state index contributed by atoms with van der Waals surface area (Å²) in [4.78, 5) is 19.0. The number of para-hydroxylation sites is 1. The van der Waals surface area contributed by atoms with Gasteiger partial charge in [-0.15, -0.1) is 30.3 Å². The lowest BCUT2D eigenvalue weighted by Gasteiger charge is -2.39. The third-order valence-electron chi connectivity index (χ3n) is 5.16. The second-order valence-corrected chi connectivity index (χ2v) is 8.11. The number of thiophene rings is 1. The highest BCUT2D eigenvalue weighted by molar-refractivity contribution is 7.10. The topological polar surface area (TPSA) is 23.6 Å². The van der Waals surface area contributed by atoms with Crippen molar-refractivity contribution in [3.63, 3.8) is 0 Å². The van der Waals surface area contributed by atoms with Gasteiger partial charge in [-0.3, -0.25) is 9.69 Å². The minimum absolute atomic E-state index is 0. The van der Waals surface area contributed by atoms with E-state index >= 15 is 0 Å². The van der Waals surface area contributed by atoms with Gasteiger partial charge >= 0.3 is 0 Å². The Morgan fingerprint density at radius 2 is 1.89 bits per heavy atom. The van der Waals surface area contributed by atoms with E-state index in [1.807, 2.05) is 17.5 Å². The van der Waals surface area contributed by atoms with Crippen molar-refractivity contribution in [2.24, 2.45) is 0 Å². The van der Waals surface area contributed by atoms with Crippen molar-refractivity contribution in [1.29, 1.82) is 0 Å². The zero-order chi connectivity index (χ0) is 18.5. The highest BCUT2D eigenvalue weighted by Crippen LogP contribution is 2.31. The number of nitrogens with zero attached hydrogens (tertiary/aromatic N) is 2. The van der Waals surface area contributed by atoms with Crippen LogP contribution >= 0.6 is 23.7 Å². The lowest BCUT2D eigenvalue weighted by atomic mass is 9.98. The first kappa shape index (κ1) is 21.7. The van der Waals surface area contributed by atoms with Gasteiger partial charge < -0.3 is 4.90 Å². The van der Waals surface area contributed by atoms with Gasteiger partial charge in [0.1, 0.15) is 0 Å². The summed E-state index contributed by atoms with van der Waals surface area (Å²) in [5.74, 6) is 0.215. The summed E-state index contributed by atoms with van der Waals surface area (Å²) in [7, 11) is 0. The van der Waals surface area contributed by atoms with Gasteiger partial charge in [0.2, 0.25) is 5.91 Å². The molecule has 1 aromatic heterocycles. The molecule has 1 aliphatic heterocycles. The maximum atomic E-state index is 13.3. The first-order chi connectivity index (χ1) is 12.6. The maximum Gasteiger partial charge on any atom is 0.232 e. The molecule has 3 nitrogen and oxygen atoms in total. The normalized spacial score (nSPS) is 15.2. The molecular formula is C22H29ClN2OS. The predicted octanol–water partition coefficient (Wildman–Crippen LogP) is 5.01. The molecule has 2 aromatic rings. The molecule has 1 aromatic carbocycles. The largest absolute Gasteiger partial charge is 0.308 e. The molecule has 5 heteroatoms. The molecule has 0 aliphatic carbocycles. The predicted molar refractivity (Wildman–Crippen MR) is 118 cm³/mol. The van der Waals surface area contributed by atoms with E-state index in [2.05, 4.69) is 54.5 Å². The molecule has 1 saturated heterocycles. The van der Waals surface area contributed by atoms with E-state index in [1.54, 1.807) is 11.3 Å². The number of aryl methyl sites for hydroxylation is 2. The smallest absolute Gasteiger partial charge is 0.232 e. The zero-order valence-corrected chi connectivity index (χ0v) is 17.8. The summed E-state index contributed by atoms with van der Waals surface area (Å²) in [6, 6.07) is 10.6. The number of anilines is 1. The molecule has 0 spiro atoms. The molecule has 146 valence electrons. The van der Waals surface area contributed by atoms with Crippen molar-refractivity contribution in [1.82, 2.24) is 4.90 Å². The minimum atomic E-state index is 0. The first-order valence-electron chi connectivity index (χ1n) is 9.34. The fourth-order valence-electron chi connectivity index (χ4n) is 3.89. The summed E-state index contributed by atoms with van der Waals surface area (Å²) in [6.07, 6.45) is 4.47. The number of benzene rings is 1. The van der Waals surface area contributed by atoms with Gasteiger partial charge in [-0.1, -0.05) is 30.3 Å². The second-order valence-electron chi connectivity index (χ2n) is 7.08. The summed E-state index contributed by atoms with van der Waals surface area (Å²) < 4.78 is 0. The molecule has 2 heterocycles. The van der Waals surface area contributed by atoms with E-state index in [1.165, 1.54) is 11.1 Å². The number of hydrogen-bond donors (Lipinski definition) is 0. The number of hydrogen-bond acceptors (Lipinski definition) is 3. The lowest BCUT2D eigenvalue weighted by molar-refractivity contribution is -0.118. The molecular weight excluding hydrogens is 376 g/mol. The Morgan fingerprint density at radius 1 is 1.22 bits per heavy atom. The van der Waals surface area contributed by atoms with Crippen LogP contribution in [0.4, 0.5) is 5.69 Å². The Hall–Kier alpha value is -1.62. The molecule has 0 radical (unpaired) electrons. The molecule has 0 atom stereocenters. The third-order valence-corrected chi connectivity index (χ3v) is 6.04.